The molecular formula is C13H22ClN3O2. The Kier molecular flexibility index (Phi) is 4.61. The van der Waals surface area contributed by atoms with Crippen LogP contribution >= 0.6 is 11.6 Å². The number of halogens is 1. The number of aromatic nitrogens is 2. The molecule has 0 aliphatic carbocycles. The second kappa shape index (κ2) is 5.49. The standard InChI is InChI=1S/C13H22ClN3O2/c1-8(2)11-12(17(18)19)9(16(6)15-11)7-10(14)13(3,4)5/h8,10H,7H2,1-6H3. The molecule has 0 fully saturated rings. The molecule has 1 aromatic heterocycles. The van der Waals surface area contributed by atoms with Gasteiger partial charge < -0.3 is 0 Å². The second-order valence-electron chi connectivity index (χ2n) is 6.25. The molecule has 1 aromatic rings. The van der Waals surface area contributed by atoms with Gasteiger partial charge in [0.1, 0.15) is 11.4 Å². The van der Waals surface area contributed by atoms with Crippen molar-refractivity contribution in [3.8, 4) is 0 Å². The number of nitro groups is 1. The fourth-order valence-electron chi connectivity index (χ4n) is 1.86. The fourth-order valence-corrected chi connectivity index (χ4v) is 2.01. The van der Waals surface area contributed by atoms with Gasteiger partial charge in [0.15, 0.2) is 0 Å². The van der Waals surface area contributed by atoms with Crippen molar-refractivity contribution in [3.05, 3.63) is 21.5 Å². The minimum absolute atomic E-state index is 0.0174. The molecule has 0 aromatic carbocycles. The Morgan fingerprint density at radius 2 is 1.95 bits per heavy atom. The Balaban J connectivity index is 3.24. The minimum Gasteiger partial charge on any atom is -0.265 e. The Labute approximate surface area is 119 Å². The van der Waals surface area contributed by atoms with Crippen LogP contribution in [0.15, 0.2) is 0 Å². The van der Waals surface area contributed by atoms with Crippen molar-refractivity contribution in [1.82, 2.24) is 9.78 Å². The minimum atomic E-state index is -0.343. The number of alkyl halides is 1. The van der Waals surface area contributed by atoms with E-state index in [2.05, 4.69) is 5.10 Å². The van der Waals surface area contributed by atoms with E-state index >= 15 is 0 Å². The highest BCUT2D eigenvalue weighted by molar-refractivity contribution is 6.21. The molecule has 1 atom stereocenters. The molecule has 0 bridgehead atoms. The molecule has 19 heavy (non-hydrogen) atoms. The average molecular weight is 288 g/mol. The lowest BCUT2D eigenvalue weighted by Crippen LogP contribution is -2.24. The Bertz CT molecular complexity index is 475. The third-order valence-electron chi connectivity index (χ3n) is 3.21. The summed E-state index contributed by atoms with van der Waals surface area (Å²) >= 11 is 6.37. The molecule has 0 aliphatic heterocycles. The molecule has 0 saturated heterocycles. The average Bonchev–Trinajstić information content (AvgIpc) is 2.55. The maximum atomic E-state index is 11.3. The summed E-state index contributed by atoms with van der Waals surface area (Å²) in [5.41, 5.74) is 1.13. The Morgan fingerprint density at radius 1 is 1.42 bits per heavy atom. The van der Waals surface area contributed by atoms with Gasteiger partial charge in [-0.1, -0.05) is 34.6 Å². The molecule has 0 radical (unpaired) electrons. The topological polar surface area (TPSA) is 61.0 Å². The molecule has 0 saturated carbocycles. The maximum absolute atomic E-state index is 11.3. The number of rotatable bonds is 4. The third-order valence-corrected chi connectivity index (χ3v) is 4.01. The Morgan fingerprint density at radius 3 is 2.32 bits per heavy atom. The zero-order valence-corrected chi connectivity index (χ0v) is 13.2. The van der Waals surface area contributed by atoms with Gasteiger partial charge in [-0.2, -0.15) is 5.10 Å². The van der Waals surface area contributed by atoms with Gasteiger partial charge in [0, 0.05) is 24.8 Å². The monoisotopic (exact) mass is 287 g/mol. The van der Waals surface area contributed by atoms with Crippen molar-refractivity contribution in [2.45, 2.75) is 52.3 Å². The van der Waals surface area contributed by atoms with Gasteiger partial charge in [0.2, 0.25) is 0 Å². The summed E-state index contributed by atoms with van der Waals surface area (Å²) < 4.78 is 1.59. The van der Waals surface area contributed by atoms with Crippen LogP contribution in [0.25, 0.3) is 0 Å². The molecule has 108 valence electrons. The van der Waals surface area contributed by atoms with E-state index < -0.39 is 0 Å². The third kappa shape index (κ3) is 3.47. The summed E-state index contributed by atoms with van der Waals surface area (Å²) in [4.78, 5) is 11.0. The summed E-state index contributed by atoms with van der Waals surface area (Å²) in [5.74, 6) is 0.0174. The van der Waals surface area contributed by atoms with E-state index in [1.807, 2.05) is 34.6 Å². The van der Waals surface area contributed by atoms with E-state index in [4.69, 9.17) is 11.6 Å². The van der Waals surface area contributed by atoms with Crippen LogP contribution in [0.3, 0.4) is 0 Å². The molecular weight excluding hydrogens is 266 g/mol. The smallest absolute Gasteiger partial charge is 0.265 e. The number of nitrogens with zero attached hydrogens (tertiary/aromatic N) is 3. The van der Waals surface area contributed by atoms with Crippen molar-refractivity contribution < 1.29 is 4.92 Å². The van der Waals surface area contributed by atoms with Crippen LogP contribution in [-0.2, 0) is 13.5 Å². The molecule has 1 heterocycles. The zero-order valence-electron chi connectivity index (χ0n) is 12.4. The predicted molar refractivity (Wildman–Crippen MR) is 76.8 cm³/mol. The largest absolute Gasteiger partial charge is 0.313 e. The molecule has 0 aliphatic rings. The van der Waals surface area contributed by atoms with Crippen LogP contribution in [0.5, 0.6) is 0 Å². The normalized spacial score (nSPS) is 13.9. The summed E-state index contributed by atoms with van der Waals surface area (Å²) in [6.07, 6.45) is 0.442. The van der Waals surface area contributed by atoms with E-state index in [1.165, 1.54) is 0 Å². The summed E-state index contributed by atoms with van der Waals surface area (Å²) in [6.45, 7) is 9.88. The van der Waals surface area contributed by atoms with Gasteiger partial charge in [-0.15, -0.1) is 11.6 Å². The summed E-state index contributed by atoms with van der Waals surface area (Å²) in [7, 11) is 1.74. The molecule has 0 N–H and O–H groups in total. The van der Waals surface area contributed by atoms with Crippen LogP contribution in [0.4, 0.5) is 5.69 Å². The van der Waals surface area contributed by atoms with Crippen molar-refractivity contribution in [2.75, 3.05) is 0 Å². The van der Waals surface area contributed by atoms with Gasteiger partial charge in [0.05, 0.1) is 4.92 Å². The van der Waals surface area contributed by atoms with Crippen molar-refractivity contribution in [3.63, 3.8) is 0 Å². The maximum Gasteiger partial charge on any atom is 0.313 e. The number of hydrogen-bond acceptors (Lipinski definition) is 3. The van der Waals surface area contributed by atoms with E-state index in [0.717, 1.165) is 0 Å². The van der Waals surface area contributed by atoms with E-state index in [1.54, 1.807) is 11.7 Å². The first-order valence-corrected chi connectivity index (χ1v) is 6.83. The van der Waals surface area contributed by atoms with Gasteiger partial charge in [-0.05, 0) is 5.41 Å². The van der Waals surface area contributed by atoms with Gasteiger partial charge in [0.25, 0.3) is 0 Å². The van der Waals surface area contributed by atoms with Crippen LogP contribution in [0, 0.1) is 15.5 Å². The van der Waals surface area contributed by atoms with Crippen LogP contribution in [-0.4, -0.2) is 20.1 Å². The van der Waals surface area contributed by atoms with Gasteiger partial charge in [-0.3, -0.25) is 14.8 Å². The van der Waals surface area contributed by atoms with Crippen LogP contribution in [0.2, 0.25) is 0 Å². The lowest BCUT2D eigenvalue weighted by Gasteiger charge is -2.24. The lowest BCUT2D eigenvalue weighted by atomic mass is 9.88. The molecule has 0 spiro atoms. The van der Waals surface area contributed by atoms with Crippen molar-refractivity contribution in [1.29, 1.82) is 0 Å². The quantitative estimate of drug-likeness (QED) is 0.482. The van der Waals surface area contributed by atoms with Gasteiger partial charge >= 0.3 is 5.69 Å². The molecule has 6 heteroatoms. The molecule has 1 unspecified atom stereocenters. The molecule has 1 rings (SSSR count). The highest BCUT2D eigenvalue weighted by atomic mass is 35.5. The van der Waals surface area contributed by atoms with Crippen molar-refractivity contribution >= 4 is 17.3 Å². The first-order chi connectivity index (χ1) is 8.55. The van der Waals surface area contributed by atoms with Gasteiger partial charge in [-0.25, -0.2) is 0 Å². The zero-order chi connectivity index (χ0) is 15.0. The molecule has 0 amide bonds. The van der Waals surface area contributed by atoms with E-state index in [0.29, 0.717) is 17.8 Å². The highest BCUT2D eigenvalue weighted by Crippen LogP contribution is 2.34. The predicted octanol–water partition coefficient (Wildman–Crippen LogP) is 3.65. The summed E-state index contributed by atoms with van der Waals surface area (Å²) in [5, 5.41) is 15.4. The van der Waals surface area contributed by atoms with E-state index in [-0.39, 0.29) is 27.3 Å². The SMILES string of the molecule is CC(C)c1nn(C)c(CC(Cl)C(C)(C)C)c1[N+](=O)[O-]. The van der Waals surface area contributed by atoms with Crippen LogP contribution < -0.4 is 0 Å². The number of hydrogen-bond donors (Lipinski definition) is 0. The second-order valence-corrected chi connectivity index (χ2v) is 6.78. The van der Waals surface area contributed by atoms with E-state index in [9.17, 15) is 10.1 Å². The highest BCUT2D eigenvalue weighted by Gasteiger charge is 2.32. The van der Waals surface area contributed by atoms with Crippen LogP contribution in [0.1, 0.15) is 51.9 Å². The first-order valence-electron chi connectivity index (χ1n) is 6.40. The first kappa shape index (κ1) is 16.0. The fraction of sp³-hybridized carbons (Fsp3) is 0.769. The van der Waals surface area contributed by atoms with Crippen molar-refractivity contribution in [2.24, 2.45) is 12.5 Å². The number of aryl methyl sites for hydroxylation is 1. The molecule has 5 nitrogen and oxygen atoms in total. The Hall–Kier alpha value is -1.10. The summed E-state index contributed by atoms with van der Waals surface area (Å²) in [6, 6.07) is 0. The lowest BCUT2D eigenvalue weighted by molar-refractivity contribution is -0.386.